The lowest BCUT2D eigenvalue weighted by atomic mass is 10.1. The van der Waals surface area contributed by atoms with Crippen molar-refractivity contribution in [2.24, 2.45) is 0 Å². The fourth-order valence-electron chi connectivity index (χ4n) is 2.58. The van der Waals surface area contributed by atoms with E-state index in [1.165, 1.54) is 36.6 Å². The number of hydrogen-bond acceptors (Lipinski definition) is 2. The predicted octanol–water partition coefficient (Wildman–Crippen LogP) is 4.50. The second-order valence-corrected chi connectivity index (χ2v) is 6.89. The van der Waals surface area contributed by atoms with Gasteiger partial charge >= 0.3 is 0 Å². The standard InChI is InChI=1S/C18H29N3/c1-5-6-7-8-12-21-14-15(13-20-18(2,3)4)16-10-9-11-19-17(16)21/h9-11,14,20H,5-8,12-13H2,1-4H3. The Labute approximate surface area is 128 Å². The van der Waals surface area contributed by atoms with Crippen LogP contribution in [0.2, 0.25) is 0 Å². The van der Waals surface area contributed by atoms with Crippen LogP contribution in [0, 0.1) is 0 Å². The molecule has 0 radical (unpaired) electrons. The molecule has 2 rings (SSSR count). The molecule has 0 bridgehead atoms. The Bertz CT molecular complexity index is 563. The highest BCUT2D eigenvalue weighted by Gasteiger charge is 2.13. The van der Waals surface area contributed by atoms with Crippen molar-refractivity contribution >= 4 is 11.0 Å². The number of hydrogen-bond donors (Lipinski definition) is 1. The third-order valence-electron chi connectivity index (χ3n) is 3.78. The largest absolute Gasteiger partial charge is 0.332 e. The van der Waals surface area contributed by atoms with E-state index in [1.807, 2.05) is 12.3 Å². The van der Waals surface area contributed by atoms with Crippen molar-refractivity contribution in [2.75, 3.05) is 0 Å². The quantitative estimate of drug-likeness (QED) is 0.760. The van der Waals surface area contributed by atoms with Crippen molar-refractivity contribution in [2.45, 2.75) is 72.0 Å². The first kappa shape index (κ1) is 16.0. The van der Waals surface area contributed by atoms with Crippen LogP contribution in [0.15, 0.2) is 24.5 Å². The van der Waals surface area contributed by atoms with Crippen LogP contribution < -0.4 is 5.32 Å². The van der Waals surface area contributed by atoms with Crippen LogP contribution >= 0.6 is 0 Å². The second kappa shape index (κ2) is 7.08. The molecular weight excluding hydrogens is 258 g/mol. The Balaban J connectivity index is 2.14. The molecule has 0 spiro atoms. The SMILES string of the molecule is CCCCCCn1cc(CNC(C)(C)C)c2cccnc21. The van der Waals surface area contributed by atoms with Gasteiger partial charge in [0.15, 0.2) is 0 Å². The molecule has 0 fully saturated rings. The summed E-state index contributed by atoms with van der Waals surface area (Å²) in [5, 5.41) is 4.86. The van der Waals surface area contributed by atoms with Crippen molar-refractivity contribution in [3.63, 3.8) is 0 Å². The Kier molecular flexibility index (Phi) is 5.40. The maximum absolute atomic E-state index is 4.58. The summed E-state index contributed by atoms with van der Waals surface area (Å²) in [6, 6.07) is 4.22. The molecule has 3 heteroatoms. The Morgan fingerprint density at radius 2 is 2.00 bits per heavy atom. The zero-order valence-corrected chi connectivity index (χ0v) is 13.9. The van der Waals surface area contributed by atoms with Gasteiger partial charge in [0.25, 0.3) is 0 Å². The van der Waals surface area contributed by atoms with E-state index in [1.54, 1.807) is 0 Å². The van der Waals surface area contributed by atoms with E-state index in [0.717, 1.165) is 18.7 Å². The second-order valence-electron chi connectivity index (χ2n) is 6.89. The summed E-state index contributed by atoms with van der Waals surface area (Å²) in [5.74, 6) is 0. The van der Waals surface area contributed by atoms with Gasteiger partial charge in [0.05, 0.1) is 0 Å². The number of pyridine rings is 1. The lowest BCUT2D eigenvalue weighted by Gasteiger charge is -2.20. The van der Waals surface area contributed by atoms with Crippen molar-refractivity contribution in [3.05, 3.63) is 30.1 Å². The highest BCUT2D eigenvalue weighted by Crippen LogP contribution is 2.20. The van der Waals surface area contributed by atoms with E-state index in [9.17, 15) is 0 Å². The van der Waals surface area contributed by atoms with Gasteiger partial charge in [0, 0.05) is 36.4 Å². The Morgan fingerprint density at radius 1 is 1.19 bits per heavy atom. The van der Waals surface area contributed by atoms with Gasteiger partial charge < -0.3 is 9.88 Å². The first-order chi connectivity index (χ1) is 10.0. The van der Waals surface area contributed by atoms with E-state index in [2.05, 4.69) is 54.8 Å². The average Bonchev–Trinajstić information content (AvgIpc) is 2.79. The first-order valence-corrected chi connectivity index (χ1v) is 8.19. The molecule has 2 aromatic heterocycles. The zero-order valence-electron chi connectivity index (χ0n) is 13.9. The van der Waals surface area contributed by atoms with Crippen LogP contribution in [0.3, 0.4) is 0 Å². The van der Waals surface area contributed by atoms with E-state index in [0.29, 0.717) is 0 Å². The number of nitrogens with zero attached hydrogens (tertiary/aromatic N) is 2. The molecule has 116 valence electrons. The summed E-state index contributed by atoms with van der Waals surface area (Å²) in [4.78, 5) is 4.58. The summed E-state index contributed by atoms with van der Waals surface area (Å²) in [7, 11) is 0. The predicted molar refractivity (Wildman–Crippen MR) is 90.5 cm³/mol. The van der Waals surface area contributed by atoms with Gasteiger partial charge in [0.1, 0.15) is 5.65 Å². The summed E-state index contributed by atoms with van der Waals surface area (Å²) >= 11 is 0. The van der Waals surface area contributed by atoms with Crippen LogP contribution in [0.25, 0.3) is 11.0 Å². The maximum Gasteiger partial charge on any atom is 0.140 e. The van der Waals surface area contributed by atoms with Gasteiger partial charge in [-0.2, -0.15) is 0 Å². The van der Waals surface area contributed by atoms with E-state index < -0.39 is 0 Å². The number of nitrogens with one attached hydrogen (secondary N) is 1. The molecule has 0 aliphatic heterocycles. The van der Waals surface area contributed by atoms with E-state index in [4.69, 9.17) is 0 Å². The monoisotopic (exact) mass is 287 g/mol. The van der Waals surface area contributed by atoms with Crippen molar-refractivity contribution in [3.8, 4) is 0 Å². The highest BCUT2D eigenvalue weighted by atomic mass is 15.0. The fourth-order valence-corrected chi connectivity index (χ4v) is 2.58. The molecule has 0 aliphatic rings. The van der Waals surface area contributed by atoms with Crippen molar-refractivity contribution in [1.82, 2.24) is 14.9 Å². The van der Waals surface area contributed by atoms with Crippen LogP contribution in [0.5, 0.6) is 0 Å². The number of fused-ring (bicyclic) bond motifs is 1. The van der Waals surface area contributed by atoms with Crippen molar-refractivity contribution in [1.29, 1.82) is 0 Å². The van der Waals surface area contributed by atoms with Gasteiger partial charge in [-0.1, -0.05) is 26.2 Å². The zero-order chi connectivity index (χ0) is 15.3. The van der Waals surface area contributed by atoms with Gasteiger partial charge in [-0.3, -0.25) is 0 Å². The third-order valence-corrected chi connectivity index (χ3v) is 3.78. The summed E-state index contributed by atoms with van der Waals surface area (Å²) in [6.45, 7) is 10.8. The number of aryl methyl sites for hydroxylation is 1. The molecule has 0 unspecified atom stereocenters. The van der Waals surface area contributed by atoms with E-state index >= 15 is 0 Å². The number of rotatable bonds is 7. The average molecular weight is 287 g/mol. The van der Waals surface area contributed by atoms with Crippen LogP contribution in [-0.4, -0.2) is 15.1 Å². The lowest BCUT2D eigenvalue weighted by molar-refractivity contribution is 0.424. The van der Waals surface area contributed by atoms with Crippen LogP contribution in [0.1, 0.15) is 58.9 Å². The molecular formula is C18H29N3. The lowest BCUT2D eigenvalue weighted by Crippen LogP contribution is -2.34. The smallest absolute Gasteiger partial charge is 0.140 e. The molecule has 21 heavy (non-hydrogen) atoms. The summed E-state index contributed by atoms with van der Waals surface area (Å²) in [6.07, 6.45) is 9.32. The maximum atomic E-state index is 4.58. The van der Waals surface area contributed by atoms with Gasteiger partial charge in [-0.05, 0) is 44.9 Å². The van der Waals surface area contributed by atoms with Crippen molar-refractivity contribution < 1.29 is 0 Å². The number of unbranched alkanes of at least 4 members (excludes halogenated alkanes) is 3. The summed E-state index contributed by atoms with van der Waals surface area (Å²) in [5.41, 5.74) is 2.61. The molecule has 2 aromatic rings. The highest BCUT2D eigenvalue weighted by molar-refractivity contribution is 5.80. The molecule has 1 N–H and O–H groups in total. The molecule has 2 heterocycles. The first-order valence-electron chi connectivity index (χ1n) is 8.19. The van der Waals surface area contributed by atoms with Gasteiger partial charge in [-0.15, -0.1) is 0 Å². The fraction of sp³-hybridized carbons (Fsp3) is 0.611. The molecule has 0 atom stereocenters. The topological polar surface area (TPSA) is 29.9 Å². The minimum atomic E-state index is 0.137. The van der Waals surface area contributed by atoms with Crippen LogP contribution in [0.4, 0.5) is 0 Å². The Hall–Kier alpha value is -1.35. The molecule has 0 saturated carbocycles. The third kappa shape index (κ3) is 4.57. The van der Waals surface area contributed by atoms with Gasteiger partial charge in [0.2, 0.25) is 0 Å². The molecule has 0 aromatic carbocycles. The minimum absolute atomic E-state index is 0.137. The molecule has 0 saturated heterocycles. The van der Waals surface area contributed by atoms with E-state index in [-0.39, 0.29) is 5.54 Å². The van der Waals surface area contributed by atoms with Gasteiger partial charge in [-0.25, -0.2) is 4.98 Å². The number of aromatic nitrogens is 2. The molecule has 0 amide bonds. The Morgan fingerprint density at radius 3 is 2.71 bits per heavy atom. The minimum Gasteiger partial charge on any atom is -0.332 e. The normalized spacial score (nSPS) is 12.2. The molecule has 0 aliphatic carbocycles. The summed E-state index contributed by atoms with van der Waals surface area (Å²) < 4.78 is 2.32. The molecule has 3 nitrogen and oxygen atoms in total. The van der Waals surface area contributed by atoms with Crippen LogP contribution in [-0.2, 0) is 13.1 Å².